The maximum absolute atomic E-state index is 12.1. The van der Waals surface area contributed by atoms with Crippen LogP contribution in [0.5, 0.6) is 0 Å². The Morgan fingerprint density at radius 2 is 2.22 bits per heavy atom. The monoisotopic (exact) mass is 248 g/mol. The molecular weight excluding hydrogens is 228 g/mol. The predicted octanol–water partition coefficient (Wildman–Crippen LogP) is 1.85. The molecule has 0 spiro atoms. The third-order valence-electron chi connectivity index (χ3n) is 4.31. The molecule has 2 N–H and O–H groups in total. The number of amides is 1. The minimum atomic E-state index is -0.129. The van der Waals surface area contributed by atoms with Gasteiger partial charge in [0.15, 0.2) is 0 Å². The van der Waals surface area contributed by atoms with Gasteiger partial charge in [-0.3, -0.25) is 9.89 Å². The minimum absolute atomic E-state index is 0.129. The van der Waals surface area contributed by atoms with Crippen LogP contribution in [0.2, 0.25) is 0 Å². The van der Waals surface area contributed by atoms with Gasteiger partial charge in [0.1, 0.15) is 5.82 Å². The summed E-state index contributed by atoms with van der Waals surface area (Å²) in [6, 6.07) is 0.345. The van der Waals surface area contributed by atoms with Crippen LogP contribution < -0.4 is 5.32 Å². The number of aromatic amines is 1. The molecule has 2 saturated carbocycles. The summed E-state index contributed by atoms with van der Waals surface area (Å²) in [4.78, 5) is 16.3. The molecular formula is C13H20N4O. The van der Waals surface area contributed by atoms with Crippen LogP contribution in [0.15, 0.2) is 0 Å². The van der Waals surface area contributed by atoms with Crippen LogP contribution >= 0.6 is 0 Å². The predicted molar refractivity (Wildman–Crippen MR) is 67.2 cm³/mol. The molecule has 1 heterocycles. The summed E-state index contributed by atoms with van der Waals surface area (Å²) in [6.07, 6.45) is 5.03. The van der Waals surface area contributed by atoms with Crippen LogP contribution in [0.1, 0.15) is 61.9 Å². The maximum Gasteiger partial charge on any atom is 0.291 e. The zero-order valence-corrected chi connectivity index (χ0v) is 10.9. The fourth-order valence-corrected chi connectivity index (χ4v) is 3.29. The van der Waals surface area contributed by atoms with Crippen LogP contribution in [0.4, 0.5) is 0 Å². The number of aromatic nitrogens is 3. The SMILES string of the molecule is CC(C)c1nc(C(=O)NC2CC3CCC2C3)n[nH]1. The lowest BCUT2D eigenvalue weighted by molar-refractivity contribution is 0.0912. The Bertz CT molecular complexity index is 454. The fourth-order valence-electron chi connectivity index (χ4n) is 3.29. The van der Waals surface area contributed by atoms with Gasteiger partial charge in [-0.05, 0) is 31.1 Å². The van der Waals surface area contributed by atoms with Crippen LogP contribution in [0.25, 0.3) is 0 Å². The molecule has 2 fully saturated rings. The third kappa shape index (κ3) is 2.02. The van der Waals surface area contributed by atoms with E-state index < -0.39 is 0 Å². The zero-order valence-electron chi connectivity index (χ0n) is 10.9. The molecule has 1 aromatic rings. The molecule has 3 rings (SSSR count). The van der Waals surface area contributed by atoms with Gasteiger partial charge in [-0.25, -0.2) is 4.98 Å². The summed E-state index contributed by atoms with van der Waals surface area (Å²) in [7, 11) is 0. The first-order valence-corrected chi connectivity index (χ1v) is 6.86. The standard InChI is InChI=1S/C13H20N4O/c1-7(2)11-15-12(17-16-11)13(18)14-10-6-8-3-4-9(10)5-8/h7-10H,3-6H2,1-2H3,(H,14,18)(H,15,16,17). The van der Waals surface area contributed by atoms with E-state index in [0.717, 1.165) is 18.2 Å². The highest BCUT2D eigenvalue weighted by molar-refractivity contribution is 5.90. The summed E-state index contributed by atoms with van der Waals surface area (Å²) in [6.45, 7) is 4.05. The Hall–Kier alpha value is -1.39. The van der Waals surface area contributed by atoms with E-state index in [1.54, 1.807) is 0 Å². The highest BCUT2D eigenvalue weighted by atomic mass is 16.2. The van der Waals surface area contributed by atoms with Crippen molar-refractivity contribution in [3.8, 4) is 0 Å². The molecule has 1 aromatic heterocycles. The van der Waals surface area contributed by atoms with Crippen LogP contribution in [-0.4, -0.2) is 27.1 Å². The number of nitrogens with zero attached hydrogens (tertiary/aromatic N) is 2. The van der Waals surface area contributed by atoms with Crippen molar-refractivity contribution < 1.29 is 4.79 Å². The first-order chi connectivity index (χ1) is 8.63. The van der Waals surface area contributed by atoms with Gasteiger partial charge >= 0.3 is 0 Å². The second kappa shape index (κ2) is 4.37. The molecule has 3 atom stereocenters. The van der Waals surface area contributed by atoms with Crippen molar-refractivity contribution in [2.45, 2.75) is 51.5 Å². The lowest BCUT2D eigenvalue weighted by atomic mass is 9.95. The molecule has 5 heteroatoms. The summed E-state index contributed by atoms with van der Waals surface area (Å²) in [5.74, 6) is 2.70. The Kier molecular flexibility index (Phi) is 2.84. The van der Waals surface area contributed by atoms with E-state index in [4.69, 9.17) is 0 Å². The summed E-state index contributed by atoms with van der Waals surface area (Å²) in [5.41, 5.74) is 0. The van der Waals surface area contributed by atoms with E-state index in [9.17, 15) is 4.79 Å². The number of rotatable bonds is 3. The van der Waals surface area contributed by atoms with Crippen molar-refractivity contribution >= 4 is 5.91 Å². The lowest BCUT2D eigenvalue weighted by Gasteiger charge is -2.22. The molecule has 1 amide bonds. The fraction of sp³-hybridized carbons (Fsp3) is 0.769. The van der Waals surface area contributed by atoms with Crippen molar-refractivity contribution in [2.24, 2.45) is 11.8 Å². The molecule has 0 aliphatic heterocycles. The number of carbonyl (C=O) groups excluding carboxylic acids is 1. The van der Waals surface area contributed by atoms with Gasteiger partial charge in [0.2, 0.25) is 5.82 Å². The van der Waals surface area contributed by atoms with Crippen molar-refractivity contribution in [1.29, 1.82) is 0 Å². The van der Waals surface area contributed by atoms with E-state index in [-0.39, 0.29) is 17.6 Å². The lowest BCUT2D eigenvalue weighted by Crippen LogP contribution is -2.38. The maximum atomic E-state index is 12.1. The largest absolute Gasteiger partial charge is 0.346 e. The second-order valence-corrected chi connectivity index (χ2v) is 5.95. The Morgan fingerprint density at radius 1 is 1.39 bits per heavy atom. The Labute approximate surface area is 107 Å². The average molecular weight is 248 g/mol. The molecule has 3 unspecified atom stereocenters. The molecule has 5 nitrogen and oxygen atoms in total. The highest BCUT2D eigenvalue weighted by Gasteiger charge is 2.40. The van der Waals surface area contributed by atoms with E-state index in [0.29, 0.717) is 12.0 Å². The molecule has 2 bridgehead atoms. The van der Waals surface area contributed by atoms with Gasteiger partial charge in [-0.2, -0.15) is 0 Å². The van der Waals surface area contributed by atoms with Crippen molar-refractivity contribution in [1.82, 2.24) is 20.5 Å². The smallest absolute Gasteiger partial charge is 0.291 e. The number of H-pyrrole nitrogens is 1. The average Bonchev–Trinajstić information content (AvgIpc) is 3.04. The van der Waals surface area contributed by atoms with Crippen LogP contribution in [-0.2, 0) is 0 Å². The third-order valence-corrected chi connectivity index (χ3v) is 4.31. The van der Waals surface area contributed by atoms with Crippen molar-refractivity contribution in [3.63, 3.8) is 0 Å². The topological polar surface area (TPSA) is 70.7 Å². The molecule has 0 aromatic carbocycles. The number of fused-ring (bicyclic) bond motifs is 2. The molecule has 98 valence electrons. The van der Waals surface area contributed by atoms with Gasteiger partial charge < -0.3 is 5.32 Å². The summed E-state index contributed by atoms with van der Waals surface area (Å²) >= 11 is 0. The van der Waals surface area contributed by atoms with Gasteiger partial charge in [0.05, 0.1) is 0 Å². The quantitative estimate of drug-likeness (QED) is 0.857. The van der Waals surface area contributed by atoms with Crippen LogP contribution in [0.3, 0.4) is 0 Å². The Balaban J connectivity index is 1.64. The van der Waals surface area contributed by atoms with Crippen molar-refractivity contribution in [2.75, 3.05) is 0 Å². The number of nitrogens with one attached hydrogen (secondary N) is 2. The molecule has 0 radical (unpaired) electrons. The van der Waals surface area contributed by atoms with Crippen molar-refractivity contribution in [3.05, 3.63) is 11.6 Å². The number of hydrogen-bond acceptors (Lipinski definition) is 3. The highest BCUT2D eigenvalue weighted by Crippen LogP contribution is 2.44. The zero-order chi connectivity index (χ0) is 12.7. The van der Waals surface area contributed by atoms with E-state index in [1.807, 2.05) is 13.8 Å². The molecule has 0 saturated heterocycles. The van der Waals surface area contributed by atoms with E-state index in [2.05, 4.69) is 20.5 Å². The first kappa shape index (κ1) is 11.7. The normalized spacial score (nSPS) is 30.1. The van der Waals surface area contributed by atoms with Gasteiger partial charge in [-0.1, -0.05) is 20.3 Å². The summed E-state index contributed by atoms with van der Waals surface area (Å²) in [5, 5.41) is 9.91. The Morgan fingerprint density at radius 3 is 2.78 bits per heavy atom. The van der Waals surface area contributed by atoms with E-state index in [1.165, 1.54) is 19.3 Å². The number of hydrogen-bond donors (Lipinski definition) is 2. The number of carbonyl (C=O) groups is 1. The molecule has 18 heavy (non-hydrogen) atoms. The van der Waals surface area contributed by atoms with Gasteiger partial charge in [0, 0.05) is 12.0 Å². The van der Waals surface area contributed by atoms with Gasteiger partial charge in [0.25, 0.3) is 5.91 Å². The molecule has 2 aliphatic carbocycles. The molecule has 2 aliphatic rings. The summed E-state index contributed by atoms with van der Waals surface area (Å²) < 4.78 is 0. The van der Waals surface area contributed by atoms with Crippen LogP contribution in [0, 0.1) is 11.8 Å². The van der Waals surface area contributed by atoms with E-state index >= 15 is 0 Å². The second-order valence-electron chi connectivity index (χ2n) is 5.95. The minimum Gasteiger partial charge on any atom is -0.346 e. The van der Waals surface area contributed by atoms with Gasteiger partial charge in [-0.15, -0.1) is 5.10 Å². The first-order valence-electron chi connectivity index (χ1n) is 6.86.